The summed E-state index contributed by atoms with van der Waals surface area (Å²) in [6, 6.07) is 6.78. The Balaban J connectivity index is 2.73. The molecule has 4 nitrogen and oxygen atoms in total. The van der Waals surface area contributed by atoms with Gasteiger partial charge in [-0.15, -0.1) is 0 Å². The molecule has 1 amide bonds. The van der Waals surface area contributed by atoms with Crippen LogP contribution in [-0.4, -0.2) is 23.5 Å². The van der Waals surface area contributed by atoms with Crippen molar-refractivity contribution in [2.24, 2.45) is 0 Å². The Morgan fingerprint density at radius 2 is 2.20 bits per heavy atom. The van der Waals surface area contributed by atoms with Crippen LogP contribution in [0.2, 0.25) is 0 Å². The number of hydrogen-bond acceptors (Lipinski definition) is 2. The highest BCUT2D eigenvalue weighted by atomic mass is 16.4. The lowest BCUT2D eigenvalue weighted by Gasteiger charge is -2.02. The average Bonchev–Trinajstić information content (AvgIpc) is 2.26. The third-order valence-electron chi connectivity index (χ3n) is 1.78. The molecule has 1 aromatic rings. The van der Waals surface area contributed by atoms with Crippen molar-refractivity contribution in [3.8, 4) is 0 Å². The minimum Gasteiger partial charge on any atom is -0.480 e. The minimum atomic E-state index is -1.07. The van der Waals surface area contributed by atoms with E-state index in [9.17, 15) is 9.59 Å². The zero-order valence-electron chi connectivity index (χ0n) is 8.06. The van der Waals surface area contributed by atoms with Crippen LogP contribution in [-0.2, 0) is 4.79 Å². The van der Waals surface area contributed by atoms with Crippen molar-refractivity contribution >= 4 is 18.0 Å². The van der Waals surface area contributed by atoms with E-state index in [2.05, 4.69) is 11.9 Å². The molecule has 0 aromatic heterocycles. The first-order chi connectivity index (χ1) is 7.13. The topological polar surface area (TPSA) is 66.4 Å². The van der Waals surface area contributed by atoms with Gasteiger partial charge >= 0.3 is 5.97 Å². The standard InChI is InChI=1S/C11H11NO3/c1-2-8-4-3-5-9(6-8)11(15)12-7-10(13)14/h2-6H,1,7H2,(H,12,15)(H,13,14). The summed E-state index contributed by atoms with van der Waals surface area (Å²) in [6.45, 7) is 3.20. The second kappa shape index (κ2) is 4.95. The number of hydrogen-bond donors (Lipinski definition) is 2. The Bertz CT molecular complexity index is 399. The van der Waals surface area contributed by atoms with Crippen molar-refractivity contribution in [3.05, 3.63) is 42.0 Å². The van der Waals surface area contributed by atoms with E-state index in [4.69, 9.17) is 5.11 Å². The molecule has 0 aliphatic carbocycles. The molecular weight excluding hydrogens is 194 g/mol. The molecule has 1 rings (SSSR count). The van der Waals surface area contributed by atoms with Crippen LogP contribution >= 0.6 is 0 Å². The van der Waals surface area contributed by atoms with Crippen LogP contribution in [0.5, 0.6) is 0 Å². The molecule has 0 bridgehead atoms. The summed E-state index contributed by atoms with van der Waals surface area (Å²) >= 11 is 0. The molecule has 78 valence electrons. The van der Waals surface area contributed by atoms with Gasteiger partial charge in [0.1, 0.15) is 6.54 Å². The Morgan fingerprint density at radius 1 is 1.47 bits per heavy atom. The maximum Gasteiger partial charge on any atom is 0.322 e. The average molecular weight is 205 g/mol. The van der Waals surface area contributed by atoms with Gasteiger partial charge < -0.3 is 10.4 Å². The van der Waals surface area contributed by atoms with Gasteiger partial charge in [-0.25, -0.2) is 0 Å². The van der Waals surface area contributed by atoms with E-state index in [1.54, 1.807) is 30.3 Å². The number of carboxylic acid groups (broad SMARTS) is 1. The number of amides is 1. The quantitative estimate of drug-likeness (QED) is 0.774. The van der Waals surface area contributed by atoms with Gasteiger partial charge in [-0.2, -0.15) is 0 Å². The van der Waals surface area contributed by atoms with E-state index in [-0.39, 0.29) is 6.54 Å². The SMILES string of the molecule is C=Cc1cccc(C(=O)NCC(=O)O)c1. The van der Waals surface area contributed by atoms with Gasteiger partial charge in [0, 0.05) is 5.56 Å². The summed E-state index contributed by atoms with van der Waals surface area (Å²) in [6.07, 6.45) is 1.62. The van der Waals surface area contributed by atoms with Crippen molar-refractivity contribution < 1.29 is 14.7 Å². The van der Waals surface area contributed by atoms with Crippen LogP contribution in [0.4, 0.5) is 0 Å². The van der Waals surface area contributed by atoms with Gasteiger partial charge in [0.05, 0.1) is 0 Å². The summed E-state index contributed by atoms with van der Waals surface area (Å²) in [5.41, 5.74) is 1.24. The van der Waals surface area contributed by atoms with Crippen molar-refractivity contribution in [1.82, 2.24) is 5.32 Å². The fraction of sp³-hybridized carbons (Fsp3) is 0.0909. The maximum absolute atomic E-state index is 11.4. The molecule has 0 aliphatic heterocycles. The monoisotopic (exact) mass is 205 g/mol. The molecule has 2 N–H and O–H groups in total. The molecular formula is C11H11NO3. The number of carbonyl (C=O) groups excluding carboxylic acids is 1. The van der Waals surface area contributed by atoms with Crippen LogP contribution in [0.1, 0.15) is 15.9 Å². The second-order valence-electron chi connectivity index (χ2n) is 2.91. The van der Waals surface area contributed by atoms with Crippen LogP contribution < -0.4 is 5.32 Å². The first-order valence-electron chi connectivity index (χ1n) is 4.36. The number of benzene rings is 1. The Kier molecular flexibility index (Phi) is 3.62. The fourth-order valence-corrected chi connectivity index (χ4v) is 1.06. The first kappa shape index (κ1) is 11.0. The Labute approximate surface area is 87.2 Å². The maximum atomic E-state index is 11.4. The second-order valence-corrected chi connectivity index (χ2v) is 2.91. The predicted molar refractivity (Wildman–Crippen MR) is 56.5 cm³/mol. The van der Waals surface area contributed by atoms with E-state index in [0.717, 1.165) is 5.56 Å². The van der Waals surface area contributed by atoms with Crippen LogP contribution in [0.25, 0.3) is 6.08 Å². The van der Waals surface area contributed by atoms with E-state index >= 15 is 0 Å². The molecule has 0 heterocycles. The van der Waals surface area contributed by atoms with E-state index in [0.29, 0.717) is 5.56 Å². The highest BCUT2D eigenvalue weighted by molar-refractivity contribution is 5.96. The van der Waals surface area contributed by atoms with Crippen LogP contribution in [0.3, 0.4) is 0 Å². The lowest BCUT2D eigenvalue weighted by Crippen LogP contribution is -2.29. The molecule has 0 saturated carbocycles. The fourth-order valence-electron chi connectivity index (χ4n) is 1.06. The summed E-state index contributed by atoms with van der Waals surface area (Å²) in [7, 11) is 0. The van der Waals surface area contributed by atoms with Crippen molar-refractivity contribution in [2.75, 3.05) is 6.54 Å². The molecule has 0 fully saturated rings. The third kappa shape index (κ3) is 3.27. The molecule has 0 spiro atoms. The summed E-state index contributed by atoms with van der Waals surface area (Å²) in [4.78, 5) is 21.6. The summed E-state index contributed by atoms with van der Waals surface area (Å²) in [5, 5.41) is 10.7. The number of carboxylic acids is 1. The zero-order chi connectivity index (χ0) is 11.3. The zero-order valence-corrected chi connectivity index (χ0v) is 8.06. The van der Waals surface area contributed by atoms with Gasteiger partial charge in [0.25, 0.3) is 5.91 Å². The molecule has 0 atom stereocenters. The Hall–Kier alpha value is -2.10. The molecule has 4 heteroatoms. The number of nitrogens with one attached hydrogen (secondary N) is 1. The van der Waals surface area contributed by atoms with Gasteiger partial charge in [-0.1, -0.05) is 24.8 Å². The van der Waals surface area contributed by atoms with E-state index in [1.807, 2.05) is 0 Å². The molecule has 15 heavy (non-hydrogen) atoms. The molecule has 0 radical (unpaired) electrons. The highest BCUT2D eigenvalue weighted by Gasteiger charge is 2.06. The van der Waals surface area contributed by atoms with Crippen molar-refractivity contribution in [2.45, 2.75) is 0 Å². The van der Waals surface area contributed by atoms with E-state index in [1.165, 1.54) is 0 Å². The lowest BCUT2D eigenvalue weighted by molar-refractivity contribution is -0.135. The lowest BCUT2D eigenvalue weighted by atomic mass is 10.1. The smallest absolute Gasteiger partial charge is 0.322 e. The largest absolute Gasteiger partial charge is 0.480 e. The van der Waals surface area contributed by atoms with Gasteiger partial charge in [-0.3, -0.25) is 9.59 Å². The molecule has 0 saturated heterocycles. The van der Waals surface area contributed by atoms with Crippen LogP contribution in [0.15, 0.2) is 30.8 Å². The predicted octanol–water partition coefficient (Wildman–Crippen LogP) is 1.14. The van der Waals surface area contributed by atoms with Gasteiger partial charge in [0.2, 0.25) is 0 Å². The van der Waals surface area contributed by atoms with E-state index < -0.39 is 11.9 Å². The molecule has 0 unspecified atom stereocenters. The minimum absolute atomic E-state index is 0.378. The molecule has 0 aliphatic rings. The number of aliphatic carboxylic acids is 1. The Morgan fingerprint density at radius 3 is 2.80 bits per heavy atom. The van der Waals surface area contributed by atoms with Gasteiger partial charge in [-0.05, 0) is 17.7 Å². The van der Waals surface area contributed by atoms with Crippen molar-refractivity contribution in [1.29, 1.82) is 0 Å². The first-order valence-corrected chi connectivity index (χ1v) is 4.36. The normalized spacial score (nSPS) is 9.33. The highest BCUT2D eigenvalue weighted by Crippen LogP contribution is 2.05. The van der Waals surface area contributed by atoms with Crippen LogP contribution in [0, 0.1) is 0 Å². The number of rotatable bonds is 4. The molecule has 1 aromatic carbocycles. The van der Waals surface area contributed by atoms with Gasteiger partial charge in [0.15, 0.2) is 0 Å². The summed E-state index contributed by atoms with van der Waals surface area (Å²) in [5.74, 6) is -1.47. The third-order valence-corrected chi connectivity index (χ3v) is 1.78. The number of carbonyl (C=O) groups is 2. The van der Waals surface area contributed by atoms with Crippen molar-refractivity contribution in [3.63, 3.8) is 0 Å². The summed E-state index contributed by atoms with van der Waals surface area (Å²) < 4.78 is 0.